The number of carbonyl (C=O) groups excluding carboxylic acids is 1. The maximum atomic E-state index is 12.6. The van der Waals surface area contributed by atoms with Crippen LogP contribution < -0.4 is 5.56 Å². The Bertz CT molecular complexity index is 582. The van der Waals surface area contributed by atoms with Gasteiger partial charge in [0.05, 0.1) is 5.25 Å². The minimum Gasteiger partial charge on any atom is -0.339 e. The van der Waals surface area contributed by atoms with E-state index in [2.05, 4.69) is 28.7 Å². The highest BCUT2D eigenvalue weighted by Crippen LogP contribution is 2.21. The second-order valence-electron chi connectivity index (χ2n) is 5.81. The Kier molecular flexibility index (Phi) is 6.65. The predicted molar refractivity (Wildman–Crippen MR) is 92.9 cm³/mol. The van der Waals surface area contributed by atoms with Gasteiger partial charge in [-0.1, -0.05) is 32.0 Å². The number of thioether (sulfide) groups is 1. The molecule has 1 aliphatic rings. The van der Waals surface area contributed by atoms with Crippen LogP contribution in [0.25, 0.3) is 0 Å². The molecule has 128 valence electrons. The summed E-state index contributed by atoms with van der Waals surface area (Å²) in [4.78, 5) is 35.7. The second kappa shape index (κ2) is 8.49. The highest BCUT2D eigenvalue weighted by molar-refractivity contribution is 8.00. The van der Waals surface area contributed by atoms with E-state index in [4.69, 9.17) is 0 Å². The number of H-pyrrole nitrogens is 1. The van der Waals surface area contributed by atoms with Crippen molar-refractivity contribution in [1.29, 1.82) is 0 Å². The van der Waals surface area contributed by atoms with Gasteiger partial charge in [-0.25, -0.2) is 4.98 Å². The molecular weight excluding hydrogens is 312 g/mol. The lowest BCUT2D eigenvalue weighted by atomic mass is 10.2. The van der Waals surface area contributed by atoms with Gasteiger partial charge < -0.3 is 14.8 Å². The molecule has 1 fully saturated rings. The highest BCUT2D eigenvalue weighted by Gasteiger charge is 2.25. The molecule has 0 aromatic carbocycles. The zero-order chi connectivity index (χ0) is 16.8. The van der Waals surface area contributed by atoms with Gasteiger partial charge in [0.25, 0.3) is 5.56 Å². The monoisotopic (exact) mass is 338 g/mol. The number of hydrogen-bond acceptors (Lipinski definition) is 5. The molecule has 0 spiro atoms. The molecule has 1 aromatic rings. The Balaban J connectivity index is 1.97. The predicted octanol–water partition coefficient (Wildman–Crippen LogP) is 1.37. The van der Waals surface area contributed by atoms with Gasteiger partial charge in [-0.3, -0.25) is 9.59 Å². The third-order valence-corrected chi connectivity index (χ3v) is 5.02. The summed E-state index contributed by atoms with van der Waals surface area (Å²) in [5, 5.41) is 0.289. The Morgan fingerprint density at radius 1 is 1.35 bits per heavy atom. The smallest absolute Gasteiger partial charge is 0.251 e. The van der Waals surface area contributed by atoms with Gasteiger partial charge in [0.2, 0.25) is 5.91 Å². The summed E-state index contributed by atoms with van der Waals surface area (Å²) in [6.07, 6.45) is 1.72. The average Bonchev–Trinajstić information content (AvgIpc) is 2.54. The number of rotatable bonds is 6. The van der Waals surface area contributed by atoms with Crippen LogP contribution in [0.15, 0.2) is 16.0 Å². The first-order valence-corrected chi connectivity index (χ1v) is 9.19. The number of hydrogen-bond donors (Lipinski definition) is 1. The first-order valence-electron chi connectivity index (χ1n) is 8.31. The van der Waals surface area contributed by atoms with Gasteiger partial charge in [-0.2, -0.15) is 0 Å². The van der Waals surface area contributed by atoms with Crippen LogP contribution >= 0.6 is 11.8 Å². The molecule has 0 unspecified atom stereocenters. The van der Waals surface area contributed by atoms with Gasteiger partial charge in [-0.15, -0.1) is 0 Å². The molecular formula is C16H26N4O2S. The SMILES string of the molecule is CCCc1cc(=O)[nH]c(S[C@H](C)C(=O)N2CCN(CC)CC2)n1. The molecule has 1 N–H and O–H groups in total. The van der Waals surface area contributed by atoms with Crippen LogP contribution in [-0.4, -0.2) is 63.6 Å². The Hall–Kier alpha value is -1.34. The second-order valence-corrected chi connectivity index (χ2v) is 7.14. The number of amides is 1. The van der Waals surface area contributed by atoms with Gasteiger partial charge in [-0.05, 0) is 19.9 Å². The molecule has 2 heterocycles. The molecule has 0 aliphatic carbocycles. The van der Waals surface area contributed by atoms with Gasteiger partial charge in [0, 0.05) is 37.9 Å². The van der Waals surface area contributed by atoms with Crippen LogP contribution in [0.2, 0.25) is 0 Å². The standard InChI is InChI=1S/C16H26N4O2S/c1-4-6-13-11-14(21)18-16(17-13)23-12(3)15(22)20-9-7-19(5-2)8-10-20/h11-12H,4-10H2,1-3H3,(H,17,18,21)/t12-/m1/s1. The first kappa shape index (κ1) is 18.0. The van der Waals surface area contributed by atoms with Crippen LogP contribution in [0.1, 0.15) is 32.9 Å². The van der Waals surface area contributed by atoms with Crippen LogP contribution in [0.4, 0.5) is 0 Å². The fourth-order valence-electron chi connectivity index (χ4n) is 2.68. The summed E-state index contributed by atoms with van der Waals surface area (Å²) in [6, 6.07) is 1.53. The normalized spacial score (nSPS) is 17.3. The fourth-order valence-corrected chi connectivity index (χ4v) is 3.60. The Morgan fingerprint density at radius 2 is 2.04 bits per heavy atom. The first-order chi connectivity index (χ1) is 11.0. The molecule has 1 amide bonds. The number of aryl methyl sites for hydroxylation is 1. The largest absolute Gasteiger partial charge is 0.339 e. The van der Waals surface area contributed by atoms with Crippen molar-refractivity contribution in [2.75, 3.05) is 32.7 Å². The molecule has 1 aliphatic heterocycles. The lowest BCUT2D eigenvalue weighted by molar-refractivity contribution is -0.132. The summed E-state index contributed by atoms with van der Waals surface area (Å²) >= 11 is 1.33. The van der Waals surface area contributed by atoms with Crippen molar-refractivity contribution < 1.29 is 4.79 Å². The summed E-state index contributed by atoms with van der Waals surface area (Å²) < 4.78 is 0. The minimum absolute atomic E-state index is 0.120. The van der Waals surface area contributed by atoms with Crippen molar-refractivity contribution in [2.24, 2.45) is 0 Å². The number of likely N-dealkylation sites (N-methyl/N-ethyl adjacent to an activating group) is 1. The topological polar surface area (TPSA) is 69.3 Å². The molecule has 1 aromatic heterocycles. The maximum Gasteiger partial charge on any atom is 0.251 e. The average molecular weight is 338 g/mol. The van der Waals surface area contributed by atoms with Gasteiger partial charge in [0.1, 0.15) is 0 Å². The van der Waals surface area contributed by atoms with Crippen molar-refractivity contribution >= 4 is 17.7 Å². The van der Waals surface area contributed by atoms with Crippen LogP contribution in [0.3, 0.4) is 0 Å². The zero-order valence-corrected chi connectivity index (χ0v) is 15.0. The quantitative estimate of drug-likeness (QED) is 0.627. The molecule has 1 atom stereocenters. The lowest BCUT2D eigenvalue weighted by Gasteiger charge is -2.35. The van der Waals surface area contributed by atoms with Gasteiger partial charge in [0.15, 0.2) is 5.16 Å². The van der Waals surface area contributed by atoms with E-state index >= 15 is 0 Å². The summed E-state index contributed by atoms with van der Waals surface area (Å²) in [5.74, 6) is 0.120. The maximum absolute atomic E-state index is 12.6. The van der Waals surface area contributed by atoms with Crippen LogP contribution in [-0.2, 0) is 11.2 Å². The zero-order valence-electron chi connectivity index (χ0n) is 14.2. The van der Waals surface area contributed by atoms with E-state index in [0.717, 1.165) is 51.3 Å². The van der Waals surface area contributed by atoms with E-state index in [1.54, 1.807) is 0 Å². The Morgan fingerprint density at radius 3 is 2.65 bits per heavy atom. The molecule has 0 bridgehead atoms. The number of nitrogens with zero attached hydrogens (tertiary/aromatic N) is 3. The van der Waals surface area contributed by atoms with Crippen molar-refractivity contribution in [3.05, 3.63) is 22.1 Å². The summed E-state index contributed by atoms with van der Waals surface area (Å²) in [7, 11) is 0. The van der Waals surface area contributed by atoms with E-state index in [9.17, 15) is 9.59 Å². The number of nitrogens with one attached hydrogen (secondary N) is 1. The molecule has 7 heteroatoms. The van der Waals surface area contributed by atoms with Crippen molar-refractivity contribution in [2.45, 2.75) is 44.0 Å². The van der Waals surface area contributed by atoms with Crippen molar-refractivity contribution in [1.82, 2.24) is 19.8 Å². The summed E-state index contributed by atoms with van der Waals surface area (Å²) in [6.45, 7) is 10.5. The van der Waals surface area contributed by atoms with E-state index in [0.29, 0.717) is 5.16 Å². The van der Waals surface area contributed by atoms with E-state index in [-0.39, 0.29) is 16.7 Å². The van der Waals surface area contributed by atoms with Gasteiger partial charge >= 0.3 is 0 Å². The number of aromatic nitrogens is 2. The third kappa shape index (κ3) is 5.07. The molecule has 23 heavy (non-hydrogen) atoms. The lowest BCUT2D eigenvalue weighted by Crippen LogP contribution is -2.50. The molecule has 0 radical (unpaired) electrons. The molecule has 1 saturated heterocycles. The highest BCUT2D eigenvalue weighted by atomic mass is 32.2. The minimum atomic E-state index is -0.247. The molecule has 0 saturated carbocycles. The fraction of sp³-hybridized carbons (Fsp3) is 0.688. The molecule has 2 rings (SSSR count). The summed E-state index contributed by atoms with van der Waals surface area (Å²) in [5.41, 5.74) is 0.636. The van der Waals surface area contributed by atoms with E-state index in [1.807, 2.05) is 11.8 Å². The number of aromatic amines is 1. The number of carbonyl (C=O) groups is 1. The van der Waals surface area contributed by atoms with E-state index < -0.39 is 0 Å². The van der Waals surface area contributed by atoms with Crippen molar-refractivity contribution in [3.63, 3.8) is 0 Å². The van der Waals surface area contributed by atoms with E-state index in [1.165, 1.54) is 17.8 Å². The molecule has 6 nitrogen and oxygen atoms in total. The van der Waals surface area contributed by atoms with Crippen LogP contribution in [0.5, 0.6) is 0 Å². The number of piperazine rings is 1. The Labute approximate surface area is 141 Å². The van der Waals surface area contributed by atoms with Crippen LogP contribution in [0, 0.1) is 0 Å². The third-order valence-electron chi connectivity index (χ3n) is 4.05. The van der Waals surface area contributed by atoms with Crippen molar-refractivity contribution in [3.8, 4) is 0 Å².